The molecule has 4 aromatic rings. The largest absolute Gasteiger partial charge is 0.447 e. The number of rotatable bonds is 7. The summed E-state index contributed by atoms with van der Waals surface area (Å²) in [5.41, 5.74) is 3.16. The summed E-state index contributed by atoms with van der Waals surface area (Å²) in [6, 6.07) is 12.6. The fourth-order valence-electron chi connectivity index (χ4n) is 5.72. The number of nitrogens with one attached hydrogen (secondary N) is 1. The second kappa shape index (κ2) is 11.1. The highest BCUT2D eigenvalue weighted by atomic mass is 32.2. The third-order valence-electron chi connectivity index (χ3n) is 7.86. The van der Waals surface area contributed by atoms with E-state index in [0.29, 0.717) is 83.2 Å². The molecule has 12 nitrogen and oxygen atoms in total. The minimum absolute atomic E-state index is 0.0245. The van der Waals surface area contributed by atoms with Crippen LogP contribution in [0.15, 0.2) is 45.4 Å². The monoisotopic (exact) mass is 619 g/mol. The Kier molecular flexibility index (Phi) is 7.41. The number of primary sulfonamides is 1. The number of hydrogen-bond donors (Lipinski definition) is 2. The summed E-state index contributed by atoms with van der Waals surface area (Å²) in [6.07, 6.45) is 1.52. The highest BCUT2D eigenvalue weighted by Crippen LogP contribution is 2.38. The molecule has 6 rings (SSSR count). The Morgan fingerprint density at radius 2 is 1.98 bits per heavy atom. The topological polar surface area (TPSA) is 173 Å². The van der Waals surface area contributed by atoms with Crippen molar-refractivity contribution in [3.8, 4) is 16.6 Å². The van der Waals surface area contributed by atoms with Crippen molar-refractivity contribution >= 4 is 44.0 Å². The van der Waals surface area contributed by atoms with E-state index in [-0.39, 0.29) is 27.9 Å². The molecule has 2 aliphatic rings. The Morgan fingerprint density at radius 3 is 2.65 bits per heavy atom. The third kappa shape index (κ3) is 5.47. The maximum atomic E-state index is 14.0. The molecule has 0 bridgehead atoms. The van der Waals surface area contributed by atoms with Crippen molar-refractivity contribution in [1.29, 1.82) is 5.26 Å². The van der Waals surface area contributed by atoms with E-state index in [4.69, 9.17) is 20.1 Å². The first kappa shape index (κ1) is 28.8. The zero-order chi connectivity index (χ0) is 30.5. The number of carbonyl (C=O) groups is 1. The van der Waals surface area contributed by atoms with Crippen LogP contribution in [0.1, 0.15) is 42.4 Å². The summed E-state index contributed by atoms with van der Waals surface area (Å²) < 4.78 is 31.3. The molecular weight excluding hydrogens is 590 g/mol. The average Bonchev–Trinajstić information content (AvgIpc) is 3.56. The minimum atomic E-state index is -3.98. The van der Waals surface area contributed by atoms with Crippen molar-refractivity contribution in [2.75, 3.05) is 18.5 Å². The standard InChI is InChI=1S/C29H29N7O5S2/c1-3-25-34-24-11-21(26-32-16(2)28(42-26)43(31,39)40)23(33-19-8-9-35-20(10-19)15-41-29(35)38)12-22(24)27(37)36(25)14-18-6-4-17(13-30)5-7-18/h4-7,11-12,19-20,33H,3,8-10,14-15H2,1-2H3,(H2,31,39,40)/t19-,20-/m0/s1. The summed E-state index contributed by atoms with van der Waals surface area (Å²) in [6.45, 7) is 4.67. The normalized spacial score (nSPS) is 18.4. The maximum Gasteiger partial charge on any atom is 0.410 e. The molecule has 0 saturated carbocycles. The van der Waals surface area contributed by atoms with Crippen molar-refractivity contribution < 1.29 is 17.9 Å². The number of amides is 1. The van der Waals surface area contributed by atoms with Gasteiger partial charge in [0.15, 0.2) is 4.21 Å². The van der Waals surface area contributed by atoms with Gasteiger partial charge in [-0.1, -0.05) is 19.1 Å². The molecule has 0 radical (unpaired) electrons. The molecule has 0 unspecified atom stereocenters. The van der Waals surface area contributed by atoms with E-state index in [0.717, 1.165) is 16.9 Å². The van der Waals surface area contributed by atoms with Gasteiger partial charge in [-0.15, -0.1) is 11.3 Å². The van der Waals surface area contributed by atoms with E-state index in [1.54, 1.807) is 40.7 Å². The van der Waals surface area contributed by atoms with Gasteiger partial charge in [0.25, 0.3) is 5.56 Å². The fraction of sp³-hybridized carbons (Fsp3) is 0.345. The summed E-state index contributed by atoms with van der Waals surface area (Å²) in [7, 11) is -3.98. The number of nitrogens with two attached hydrogens (primary N) is 1. The number of nitriles is 1. The van der Waals surface area contributed by atoms with Gasteiger partial charge in [-0.2, -0.15) is 5.26 Å². The lowest BCUT2D eigenvalue weighted by molar-refractivity contribution is 0.153. The van der Waals surface area contributed by atoms with Crippen molar-refractivity contribution in [2.24, 2.45) is 5.14 Å². The third-order valence-corrected chi connectivity index (χ3v) is 10.6. The van der Waals surface area contributed by atoms with E-state index in [9.17, 15) is 18.0 Å². The summed E-state index contributed by atoms with van der Waals surface area (Å²) >= 11 is 0.971. The smallest absolute Gasteiger partial charge is 0.410 e. The Morgan fingerprint density at radius 1 is 1.21 bits per heavy atom. The number of aromatic nitrogens is 3. The molecule has 2 saturated heterocycles. The molecule has 2 atom stereocenters. The number of piperidine rings is 1. The number of sulfonamides is 1. The Hall–Kier alpha value is -4.32. The molecule has 1 amide bonds. The molecule has 2 aromatic heterocycles. The molecule has 2 aliphatic heterocycles. The summed E-state index contributed by atoms with van der Waals surface area (Å²) in [5, 5.41) is 19.0. The fourth-order valence-corrected chi connectivity index (χ4v) is 7.71. The lowest BCUT2D eigenvalue weighted by Crippen LogP contribution is -2.45. The molecule has 4 heterocycles. The molecule has 0 aliphatic carbocycles. The molecule has 43 heavy (non-hydrogen) atoms. The van der Waals surface area contributed by atoms with Gasteiger partial charge in [-0.25, -0.2) is 28.3 Å². The van der Waals surface area contributed by atoms with Crippen LogP contribution < -0.4 is 16.0 Å². The van der Waals surface area contributed by atoms with Crippen LogP contribution in [0.4, 0.5) is 10.5 Å². The van der Waals surface area contributed by atoms with Crippen molar-refractivity contribution in [3.05, 3.63) is 69.4 Å². The van der Waals surface area contributed by atoms with Gasteiger partial charge in [-0.05, 0) is 49.6 Å². The minimum Gasteiger partial charge on any atom is -0.447 e. The molecule has 3 N–H and O–H groups in total. The zero-order valence-corrected chi connectivity index (χ0v) is 25.2. The van der Waals surface area contributed by atoms with Gasteiger partial charge in [0.2, 0.25) is 10.0 Å². The highest BCUT2D eigenvalue weighted by molar-refractivity contribution is 7.91. The number of cyclic esters (lactones) is 1. The van der Waals surface area contributed by atoms with Gasteiger partial charge in [0, 0.05) is 30.3 Å². The number of nitrogens with zero attached hydrogens (tertiary/aromatic N) is 5. The van der Waals surface area contributed by atoms with Crippen LogP contribution in [0.3, 0.4) is 0 Å². The zero-order valence-electron chi connectivity index (χ0n) is 23.5. The Labute approximate surface area is 251 Å². The second-order valence-corrected chi connectivity index (χ2v) is 13.5. The lowest BCUT2D eigenvalue weighted by atomic mass is 9.97. The van der Waals surface area contributed by atoms with E-state index in [1.807, 2.05) is 19.1 Å². The van der Waals surface area contributed by atoms with E-state index in [1.165, 1.54) is 0 Å². The maximum absolute atomic E-state index is 14.0. The number of hydrogen-bond acceptors (Lipinski definition) is 10. The number of ether oxygens (including phenoxy) is 1. The van der Waals surface area contributed by atoms with Gasteiger partial charge >= 0.3 is 6.09 Å². The molecule has 2 fully saturated rings. The first-order valence-electron chi connectivity index (χ1n) is 13.8. The number of anilines is 1. The summed E-state index contributed by atoms with van der Waals surface area (Å²) in [4.78, 5) is 37.1. The molecule has 2 aromatic carbocycles. The first-order valence-corrected chi connectivity index (χ1v) is 16.2. The molecular formula is C29H29N7O5S2. The van der Waals surface area contributed by atoms with Crippen LogP contribution in [0.5, 0.6) is 0 Å². The molecule has 0 spiro atoms. The number of benzene rings is 2. The predicted molar refractivity (Wildman–Crippen MR) is 161 cm³/mol. The van der Waals surface area contributed by atoms with Crippen LogP contribution in [0.25, 0.3) is 21.5 Å². The highest BCUT2D eigenvalue weighted by Gasteiger charge is 2.38. The van der Waals surface area contributed by atoms with Crippen molar-refractivity contribution in [3.63, 3.8) is 0 Å². The van der Waals surface area contributed by atoms with Crippen LogP contribution in [-0.4, -0.2) is 59.2 Å². The van der Waals surface area contributed by atoms with Crippen molar-refractivity contribution in [2.45, 2.75) is 55.9 Å². The Balaban J connectivity index is 1.46. The SMILES string of the molecule is CCc1nc2cc(-c3nc(C)c(S(N)(=O)=O)s3)c(N[C@H]3CCN4C(=O)OC[C@@H]4C3)cc2c(=O)n1Cc1ccc(C#N)cc1. The number of thiazole rings is 1. The number of fused-ring (bicyclic) bond motifs is 2. The van der Waals surface area contributed by atoms with Gasteiger partial charge in [0.1, 0.15) is 17.4 Å². The van der Waals surface area contributed by atoms with Gasteiger partial charge in [-0.3, -0.25) is 9.36 Å². The second-order valence-electron chi connectivity index (χ2n) is 10.7. The van der Waals surface area contributed by atoms with Crippen LogP contribution in [-0.2, 0) is 27.7 Å². The average molecular weight is 620 g/mol. The Bertz CT molecular complexity index is 1960. The van der Waals surface area contributed by atoms with Gasteiger partial charge in [0.05, 0.1) is 40.8 Å². The number of aryl methyl sites for hydroxylation is 2. The first-order chi connectivity index (χ1) is 20.5. The van der Waals surface area contributed by atoms with E-state index >= 15 is 0 Å². The quantitative estimate of drug-likeness (QED) is 0.314. The lowest BCUT2D eigenvalue weighted by Gasteiger charge is -2.33. The molecule has 222 valence electrons. The van der Waals surface area contributed by atoms with Crippen molar-refractivity contribution in [1.82, 2.24) is 19.4 Å². The predicted octanol–water partition coefficient (Wildman–Crippen LogP) is 3.35. The van der Waals surface area contributed by atoms with E-state index < -0.39 is 10.0 Å². The van der Waals surface area contributed by atoms with Gasteiger partial charge < -0.3 is 15.0 Å². The van der Waals surface area contributed by atoms with Crippen LogP contribution in [0.2, 0.25) is 0 Å². The number of carbonyl (C=O) groups excluding carboxylic acids is 1. The van der Waals surface area contributed by atoms with Crippen LogP contribution >= 0.6 is 11.3 Å². The molecule has 14 heteroatoms. The van der Waals surface area contributed by atoms with Crippen LogP contribution in [0, 0.1) is 18.3 Å². The summed E-state index contributed by atoms with van der Waals surface area (Å²) in [5.74, 6) is 0.590. The van der Waals surface area contributed by atoms with E-state index in [2.05, 4.69) is 16.4 Å².